The second-order valence-electron chi connectivity index (χ2n) is 3.71. The Bertz CT molecular complexity index is 572. The number of aliphatic hydroxyl groups excluding tert-OH is 2. The second-order valence-corrected chi connectivity index (χ2v) is 3.71. The fourth-order valence-electron chi connectivity index (χ4n) is 1.60. The molecule has 0 radical (unpaired) electrons. The summed E-state index contributed by atoms with van der Waals surface area (Å²) in [7, 11) is 0. The number of hydrogen-bond acceptors (Lipinski definition) is 8. The molecule has 0 aliphatic rings. The number of carbonyl (C=O) groups is 1. The smallest absolute Gasteiger partial charge is 0.167 e. The maximum atomic E-state index is 10.6. The van der Waals surface area contributed by atoms with Gasteiger partial charge in [-0.3, -0.25) is 4.57 Å². The van der Waals surface area contributed by atoms with Gasteiger partial charge in [0.05, 0.1) is 19.5 Å². The number of anilines is 1. The molecule has 0 amide bonds. The van der Waals surface area contributed by atoms with Gasteiger partial charge in [-0.1, -0.05) is 0 Å². The lowest BCUT2D eigenvalue weighted by Gasteiger charge is -2.20. The Morgan fingerprint density at radius 3 is 2.79 bits per heavy atom. The molecule has 2 rings (SSSR count). The standard InChI is InChI=1S/C10H13N5O4/c11-9-8-10(13-4-12-9)15(5-14-8)7(3-18)19-6(1-16)2-17/h1,4-7,17-18H,2-3H2,(H2,11,12,13)/t6-,7+/m0/s1. The number of imidazole rings is 1. The van der Waals surface area contributed by atoms with Crippen LogP contribution in [0.2, 0.25) is 0 Å². The number of hydrogen-bond donors (Lipinski definition) is 3. The average molecular weight is 267 g/mol. The fourth-order valence-corrected chi connectivity index (χ4v) is 1.60. The summed E-state index contributed by atoms with van der Waals surface area (Å²) in [5, 5.41) is 18.2. The number of aliphatic hydroxyl groups is 2. The van der Waals surface area contributed by atoms with Crippen LogP contribution in [0, 0.1) is 0 Å². The quantitative estimate of drug-likeness (QED) is 0.536. The van der Waals surface area contributed by atoms with Crippen LogP contribution in [-0.4, -0.2) is 55.3 Å². The predicted molar refractivity (Wildman–Crippen MR) is 63.9 cm³/mol. The van der Waals surface area contributed by atoms with Gasteiger partial charge < -0.3 is 25.5 Å². The number of aldehydes is 1. The molecule has 19 heavy (non-hydrogen) atoms. The summed E-state index contributed by atoms with van der Waals surface area (Å²) in [5.74, 6) is 0.203. The van der Waals surface area contributed by atoms with Crippen LogP contribution in [-0.2, 0) is 9.53 Å². The van der Waals surface area contributed by atoms with E-state index in [9.17, 15) is 9.90 Å². The third-order valence-corrected chi connectivity index (χ3v) is 2.52. The molecule has 2 aromatic heterocycles. The zero-order valence-electron chi connectivity index (χ0n) is 9.88. The number of nitrogen functional groups attached to an aromatic ring is 1. The van der Waals surface area contributed by atoms with Gasteiger partial charge >= 0.3 is 0 Å². The highest BCUT2D eigenvalue weighted by Gasteiger charge is 2.20. The molecule has 0 bridgehead atoms. The predicted octanol–water partition coefficient (Wildman–Crippen LogP) is -1.52. The third-order valence-electron chi connectivity index (χ3n) is 2.52. The van der Waals surface area contributed by atoms with E-state index in [1.165, 1.54) is 17.2 Å². The van der Waals surface area contributed by atoms with Crippen molar-refractivity contribution in [1.29, 1.82) is 0 Å². The number of aromatic nitrogens is 4. The van der Waals surface area contributed by atoms with E-state index in [0.29, 0.717) is 17.5 Å². The minimum absolute atomic E-state index is 0.203. The van der Waals surface area contributed by atoms with Crippen LogP contribution in [0.15, 0.2) is 12.7 Å². The fraction of sp³-hybridized carbons (Fsp3) is 0.400. The Morgan fingerprint density at radius 2 is 2.16 bits per heavy atom. The van der Waals surface area contributed by atoms with E-state index in [-0.39, 0.29) is 5.82 Å². The van der Waals surface area contributed by atoms with Crippen molar-refractivity contribution >= 4 is 23.3 Å². The SMILES string of the molecule is Nc1ncnc2c1ncn2[C@@H](CO)O[C@@H](C=O)CO. The number of carbonyl (C=O) groups excluding carboxylic acids is 1. The Kier molecular flexibility index (Phi) is 4.00. The summed E-state index contributed by atoms with van der Waals surface area (Å²) < 4.78 is 6.66. The van der Waals surface area contributed by atoms with Gasteiger partial charge in [-0.15, -0.1) is 0 Å². The van der Waals surface area contributed by atoms with E-state index in [0.717, 1.165) is 0 Å². The van der Waals surface area contributed by atoms with E-state index < -0.39 is 25.5 Å². The molecule has 0 aromatic carbocycles. The topological polar surface area (TPSA) is 136 Å². The van der Waals surface area contributed by atoms with Crippen LogP contribution in [0.1, 0.15) is 6.23 Å². The molecule has 0 saturated carbocycles. The first-order valence-electron chi connectivity index (χ1n) is 5.46. The molecular formula is C10H13N5O4. The number of nitrogens with zero attached hydrogens (tertiary/aromatic N) is 4. The normalized spacial score (nSPS) is 14.4. The Hall–Kier alpha value is -2.10. The van der Waals surface area contributed by atoms with Crippen LogP contribution in [0.3, 0.4) is 0 Å². The molecule has 0 fully saturated rings. The van der Waals surface area contributed by atoms with Crippen LogP contribution in [0.5, 0.6) is 0 Å². The molecule has 102 valence electrons. The van der Waals surface area contributed by atoms with Crippen molar-refractivity contribution in [3.05, 3.63) is 12.7 Å². The van der Waals surface area contributed by atoms with Gasteiger partial charge in [0, 0.05) is 0 Å². The van der Waals surface area contributed by atoms with Crippen molar-refractivity contribution in [3.8, 4) is 0 Å². The van der Waals surface area contributed by atoms with Crippen molar-refractivity contribution in [2.75, 3.05) is 18.9 Å². The van der Waals surface area contributed by atoms with Gasteiger partial charge in [0.15, 0.2) is 24.0 Å². The summed E-state index contributed by atoms with van der Waals surface area (Å²) >= 11 is 0. The summed E-state index contributed by atoms with van der Waals surface area (Å²) in [6.45, 7) is -0.899. The van der Waals surface area contributed by atoms with E-state index >= 15 is 0 Å². The van der Waals surface area contributed by atoms with Gasteiger partial charge in [-0.2, -0.15) is 0 Å². The molecule has 2 atom stereocenters. The van der Waals surface area contributed by atoms with Gasteiger partial charge in [0.25, 0.3) is 0 Å². The molecular weight excluding hydrogens is 254 g/mol. The first kappa shape index (κ1) is 13.3. The summed E-state index contributed by atoms with van der Waals surface area (Å²) in [5.41, 5.74) is 6.38. The van der Waals surface area contributed by atoms with E-state index in [4.69, 9.17) is 15.6 Å². The number of fused-ring (bicyclic) bond motifs is 1. The third kappa shape index (κ3) is 2.52. The average Bonchev–Trinajstić information content (AvgIpc) is 2.86. The molecule has 4 N–H and O–H groups in total. The largest absolute Gasteiger partial charge is 0.393 e. The van der Waals surface area contributed by atoms with Crippen molar-refractivity contribution in [2.24, 2.45) is 0 Å². The highest BCUT2D eigenvalue weighted by molar-refractivity contribution is 5.81. The number of rotatable bonds is 6. The number of nitrogens with two attached hydrogens (primary N) is 1. The monoisotopic (exact) mass is 267 g/mol. The lowest BCUT2D eigenvalue weighted by atomic mass is 10.4. The zero-order chi connectivity index (χ0) is 13.8. The van der Waals surface area contributed by atoms with Crippen LogP contribution < -0.4 is 5.73 Å². The minimum atomic E-state index is -1.03. The highest BCUT2D eigenvalue weighted by Crippen LogP contribution is 2.20. The van der Waals surface area contributed by atoms with Crippen molar-refractivity contribution in [3.63, 3.8) is 0 Å². The highest BCUT2D eigenvalue weighted by atomic mass is 16.5. The molecule has 2 aromatic rings. The molecule has 0 spiro atoms. The Balaban J connectivity index is 2.35. The molecule has 0 saturated heterocycles. The molecule has 2 heterocycles. The van der Waals surface area contributed by atoms with Crippen LogP contribution in [0.25, 0.3) is 11.2 Å². The van der Waals surface area contributed by atoms with Gasteiger partial charge in [-0.25, -0.2) is 15.0 Å². The van der Waals surface area contributed by atoms with E-state index in [2.05, 4.69) is 15.0 Å². The minimum Gasteiger partial charge on any atom is -0.393 e. The number of ether oxygens (including phenoxy) is 1. The van der Waals surface area contributed by atoms with Crippen molar-refractivity contribution < 1.29 is 19.7 Å². The Morgan fingerprint density at radius 1 is 1.37 bits per heavy atom. The first-order valence-corrected chi connectivity index (χ1v) is 5.46. The molecule has 0 unspecified atom stereocenters. The molecule has 0 aliphatic carbocycles. The van der Waals surface area contributed by atoms with Crippen molar-refractivity contribution in [2.45, 2.75) is 12.3 Å². The first-order chi connectivity index (χ1) is 9.21. The molecule has 9 nitrogen and oxygen atoms in total. The lowest BCUT2D eigenvalue weighted by Crippen LogP contribution is -2.27. The van der Waals surface area contributed by atoms with Gasteiger partial charge in [0.2, 0.25) is 0 Å². The lowest BCUT2D eigenvalue weighted by molar-refractivity contribution is -0.134. The molecule has 0 aliphatic heterocycles. The Labute approximate surface area is 107 Å². The van der Waals surface area contributed by atoms with Crippen molar-refractivity contribution in [1.82, 2.24) is 19.5 Å². The van der Waals surface area contributed by atoms with E-state index in [1.54, 1.807) is 0 Å². The second kappa shape index (κ2) is 5.69. The van der Waals surface area contributed by atoms with Gasteiger partial charge in [0.1, 0.15) is 17.9 Å². The van der Waals surface area contributed by atoms with Crippen LogP contribution >= 0.6 is 0 Å². The zero-order valence-corrected chi connectivity index (χ0v) is 9.88. The van der Waals surface area contributed by atoms with Crippen LogP contribution in [0.4, 0.5) is 5.82 Å². The summed E-state index contributed by atoms with van der Waals surface area (Å²) in [6, 6.07) is 0. The van der Waals surface area contributed by atoms with Gasteiger partial charge in [-0.05, 0) is 0 Å². The molecule has 9 heteroatoms. The maximum Gasteiger partial charge on any atom is 0.167 e. The summed E-state index contributed by atoms with van der Waals surface area (Å²) in [4.78, 5) is 22.4. The van der Waals surface area contributed by atoms with E-state index in [1.807, 2.05) is 0 Å². The maximum absolute atomic E-state index is 10.6. The summed E-state index contributed by atoms with van der Waals surface area (Å²) in [6.07, 6.45) is 1.14.